The van der Waals surface area contributed by atoms with E-state index >= 15 is 0 Å². The molecule has 1 aromatic heterocycles. The third kappa shape index (κ3) is 3.54. The van der Waals surface area contributed by atoms with Crippen molar-refractivity contribution in [1.29, 1.82) is 0 Å². The van der Waals surface area contributed by atoms with Crippen LogP contribution in [0, 0.1) is 11.8 Å². The molecule has 18 heavy (non-hydrogen) atoms. The number of nitrogens with two attached hydrogens (primary N) is 1. The molecule has 0 radical (unpaired) electrons. The summed E-state index contributed by atoms with van der Waals surface area (Å²) < 4.78 is 15.8. The van der Waals surface area contributed by atoms with E-state index in [1.54, 1.807) is 7.11 Å². The minimum absolute atomic E-state index is 0.449. The lowest BCUT2D eigenvalue weighted by Gasteiger charge is -2.17. The topological polar surface area (TPSA) is 70.5 Å². The highest BCUT2D eigenvalue weighted by Crippen LogP contribution is 2.31. The molecular formula is C13H22N2O3. The van der Waals surface area contributed by atoms with Crippen LogP contribution >= 0.6 is 0 Å². The van der Waals surface area contributed by atoms with Gasteiger partial charge in [-0.2, -0.15) is 0 Å². The fourth-order valence-electron chi connectivity index (χ4n) is 2.59. The van der Waals surface area contributed by atoms with Gasteiger partial charge in [-0.15, -0.1) is 0 Å². The first kappa shape index (κ1) is 13.5. The highest BCUT2D eigenvalue weighted by molar-refractivity contribution is 5.03. The zero-order valence-corrected chi connectivity index (χ0v) is 10.9. The van der Waals surface area contributed by atoms with Crippen LogP contribution in [0.5, 0.6) is 0 Å². The van der Waals surface area contributed by atoms with Gasteiger partial charge in [0, 0.05) is 13.2 Å². The molecule has 1 aromatic rings. The number of aromatic nitrogens is 1. The molecule has 1 saturated carbocycles. The maximum atomic E-state index is 5.75. The van der Waals surface area contributed by atoms with Crippen LogP contribution in [0.3, 0.4) is 0 Å². The number of ether oxygens (including phenoxy) is 2. The van der Waals surface area contributed by atoms with Crippen molar-refractivity contribution >= 4 is 0 Å². The molecule has 1 heterocycles. The van der Waals surface area contributed by atoms with E-state index in [1.807, 2.05) is 6.07 Å². The van der Waals surface area contributed by atoms with Gasteiger partial charge in [-0.25, -0.2) is 0 Å². The Morgan fingerprint density at radius 3 is 3.00 bits per heavy atom. The summed E-state index contributed by atoms with van der Waals surface area (Å²) >= 11 is 0. The highest BCUT2D eigenvalue weighted by atomic mass is 16.5. The Labute approximate surface area is 108 Å². The maximum Gasteiger partial charge on any atom is 0.162 e. The number of nitrogens with zero attached hydrogens (tertiary/aromatic N) is 1. The summed E-state index contributed by atoms with van der Waals surface area (Å²) in [5.41, 5.74) is 6.57. The molecule has 0 bridgehead atoms. The van der Waals surface area contributed by atoms with Crippen molar-refractivity contribution in [1.82, 2.24) is 5.16 Å². The second-order valence-electron chi connectivity index (χ2n) is 4.92. The fraction of sp³-hybridized carbons (Fsp3) is 0.769. The molecule has 1 aliphatic carbocycles. The van der Waals surface area contributed by atoms with E-state index in [-0.39, 0.29) is 0 Å². The molecule has 1 fully saturated rings. The van der Waals surface area contributed by atoms with Gasteiger partial charge in [-0.05, 0) is 31.2 Å². The third-order valence-corrected chi connectivity index (χ3v) is 3.60. The molecule has 2 rings (SSSR count). The second-order valence-corrected chi connectivity index (χ2v) is 4.92. The summed E-state index contributed by atoms with van der Waals surface area (Å²) in [6, 6.07) is 1.87. The fourth-order valence-corrected chi connectivity index (χ4v) is 2.59. The van der Waals surface area contributed by atoms with Gasteiger partial charge >= 0.3 is 0 Å². The number of methoxy groups -OCH3 is 1. The monoisotopic (exact) mass is 254 g/mol. The normalized spacial score (nSPS) is 23.7. The highest BCUT2D eigenvalue weighted by Gasteiger charge is 2.26. The maximum absolute atomic E-state index is 5.75. The number of hydrogen-bond donors (Lipinski definition) is 1. The first-order chi connectivity index (χ1) is 8.83. The molecule has 5 heteroatoms. The molecule has 5 nitrogen and oxygen atoms in total. The third-order valence-electron chi connectivity index (χ3n) is 3.60. The molecule has 0 spiro atoms. The second kappa shape index (κ2) is 6.87. The smallest absolute Gasteiger partial charge is 0.162 e. The number of hydrogen-bond acceptors (Lipinski definition) is 5. The summed E-state index contributed by atoms with van der Waals surface area (Å²) in [5.74, 6) is 1.98. The Morgan fingerprint density at radius 2 is 2.22 bits per heavy atom. The van der Waals surface area contributed by atoms with Gasteiger partial charge in [0.05, 0.1) is 13.2 Å². The molecule has 2 unspecified atom stereocenters. The average Bonchev–Trinajstić information content (AvgIpc) is 2.99. The van der Waals surface area contributed by atoms with Crippen LogP contribution in [0.4, 0.5) is 0 Å². The lowest BCUT2D eigenvalue weighted by molar-refractivity contribution is 0.0716. The molecule has 2 atom stereocenters. The van der Waals surface area contributed by atoms with Gasteiger partial charge in [0.1, 0.15) is 12.3 Å². The van der Waals surface area contributed by atoms with E-state index in [4.69, 9.17) is 19.7 Å². The Morgan fingerprint density at radius 1 is 1.39 bits per heavy atom. The van der Waals surface area contributed by atoms with Crippen LogP contribution in [0.1, 0.15) is 30.7 Å². The van der Waals surface area contributed by atoms with E-state index in [1.165, 1.54) is 19.3 Å². The standard InChI is InChI=1S/C13H22N2O3/c1-16-9-13-5-12(15-18-13)8-17-7-11-4-2-3-10(11)6-14/h5,10-11H,2-4,6-9,14H2,1H3. The van der Waals surface area contributed by atoms with E-state index in [0.29, 0.717) is 25.0 Å². The zero-order chi connectivity index (χ0) is 12.8. The van der Waals surface area contributed by atoms with Crippen molar-refractivity contribution in [2.24, 2.45) is 17.6 Å². The summed E-state index contributed by atoms with van der Waals surface area (Å²) in [7, 11) is 1.63. The molecule has 102 valence electrons. The van der Waals surface area contributed by atoms with Crippen LogP contribution in [-0.2, 0) is 22.7 Å². The quantitative estimate of drug-likeness (QED) is 0.802. The van der Waals surface area contributed by atoms with Crippen molar-refractivity contribution < 1.29 is 14.0 Å². The van der Waals surface area contributed by atoms with Gasteiger partial charge < -0.3 is 19.7 Å². The first-order valence-electron chi connectivity index (χ1n) is 6.54. The van der Waals surface area contributed by atoms with Crippen molar-refractivity contribution in [2.45, 2.75) is 32.5 Å². The Kier molecular flexibility index (Phi) is 5.16. The van der Waals surface area contributed by atoms with Gasteiger partial charge in [0.15, 0.2) is 5.76 Å². The Balaban J connectivity index is 1.71. The van der Waals surface area contributed by atoms with Crippen LogP contribution in [0.15, 0.2) is 10.6 Å². The minimum Gasteiger partial charge on any atom is -0.377 e. The lowest BCUT2D eigenvalue weighted by atomic mass is 9.97. The lowest BCUT2D eigenvalue weighted by Crippen LogP contribution is -2.22. The van der Waals surface area contributed by atoms with Gasteiger partial charge in [-0.1, -0.05) is 11.6 Å². The minimum atomic E-state index is 0.449. The molecule has 1 aliphatic rings. The average molecular weight is 254 g/mol. The molecular weight excluding hydrogens is 232 g/mol. The van der Waals surface area contributed by atoms with E-state index in [0.717, 1.165) is 24.6 Å². The van der Waals surface area contributed by atoms with Crippen LogP contribution < -0.4 is 5.73 Å². The molecule has 0 saturated heterocycles. The van der Waals surface area contributed by atoms with Crippen molar-refractivity contribution in [2.75, 3.05) is 20.3 Å². The van der Waals surface area contributed by atoms with E-state index in [2.05, 4.69) is 5.16 Å². The van der Waals surface area contributed by atoms with Crippen LogP contribution in [0.2, 0.25) is 0 Å². The van der Waals surface area contributed by atoms with Gasteiger partial charge in [0.2, 0.25) is 0 Å². The first-order valence-corrected chi connectivity index (χ1v) is 6.54. The zero-order valence-electron chi connectivity index (χ0n) is 10.9. The van der Waals surface area contributed by atoms with Gasteiger partial charge in [-0.3, -0.25) is 0 Å². The molecule has 0 aromatic carbocycles. The van der Waals surface area contributed by atoms with Gasteiger partial charge in [0.25, 0.3) is 0 Å². The van der Waals surface area contributed by atoms with E-state index in [9.17, 15) is 0 Å². The number of rotatable bonds is 7. The molecule has 2 N–H and O–H groups in total. The predicted octanol–water partition coefficient (Wildman–Crippen LogP) is 1.71. The van der Waals surface area contributed by atoms with Crippen molar-refractivity contribution in [3.8, 4) is 0 Å². The Bertz CT molecular complexity index is 354. The summed E-state index contributed by atoms with van der Waals surface area (Å²) in [5, 5.41) is 3.93. The summed E-state index contributed by atoms with van der Waals surface area (Å²) in [6.07, 6.45) is 3.75. The van der Waals surface area contributed by atoms with E-state index < -0.39 is 0 Å². The van der Waals surface area contributed by atoms with Crippen molar-refractivity contribution in [3.63, 3.8) is 0 Å². The predicted molar refractivity (Wildman–Crippen MR) is 66.8 cm³/mol. The molecule has 0 amide bonds. The summed E-state index contributed by atoms with van der Waals surface area (Å²) in [4.78, 5) is 0. The SMILES string of the molecule is COCc1cc(COCC2CCCC2CN)no1. The molecule has 0 aliphatic heterocycles. The van der Waals surface area contributed by atoms with Crippen LogP contribution in [0.25, 0.3) is 0 Å². The van der Waals surface area contributed by atoms with Crippen LogP contribution in [-0.4, -0.2) is 25.4 Å². The Hall–Kier alpha value is -0.910. The van der Waals surface area contributed by atoms with Crippen molar-refractivity contribution in [3.05, 3.63) is 17.5 Å². The largest absolute Gasteiger partial charge is 0.377 e. The summed E-state index contributed by atoms with van der Waals surface area (Å²) in [6.45, 7) is 2.50.